The van der Waals surface area contributed by atoms with Crippen LogP contribution in [0.5, 0.6) is 11.5 Å². The van der Waals surface area contributed by atoms with Crippen LogP contribution in [0.2, 0.25) is 0 Å². The van der Waals surface area contributed by atoms with Crippen LogP contribution >= 0.6 is 0 Å². The van der Waals surface area contributed by atoms with E-state index >= 15 is 0 Å². The van der Waals surface area contributed by atoms with Crippen molar-refractivity contribution in [2.45, 2.75) is 30.7 Å². The number of phenols is 1. The number of nitrogens with zero attached hydrogens (tertiary/aromatic N) is 2. The summed E-state index contributed by atoms with van der Waals surface area (Å²) in [6.07, 6.45) is 4.38. The summed E-state index contributed by atoms with van der Waals surface area (Å²) in [6.45, 7) is 0.937. The molecule has 0 amide bonds. The van der Waals surface area contributed by atoms with Gasteiger partial charge < -0.3 is 24.7 Å². The van der Waals surface area contributed by atoms with Crippen LogP contribution in [0.25, 0.3) is 0 Å². The van der Waals surface area contributed by atoms with E-state index in [1.807, 2.05) is 6.07 Å². The molecule has 0 radical (unpaired) electrons. The van der Waals surface area contributed by atoms with Crippen LogP contribution in [-0.2, 0) is 16.6 Å². The number of rotatable bonds is 2. The molecule has 6 nitrogen and oxygen atoms in total. The Balaban J connectivity index is 1.98. The molecule has 1 fully saturated rings. The van der Waals surface area contributed by atoms with E-state index in [2.05, 4.69) is 29.2 Å². The van der Waals surface area contributed by atoms with Crippen LogP contribution < -0.4 is 4.74 Å². The van der Waals surface area contributed by atoms with Crippen LogP contribution in [0, 0.1) is 5.92 Å². The van der Waals surface area contributed by atoms with Crippen molar-refractivity contribution < 1.29 is 19.8 Å². The highest BCUT2D eigenvalue weighted by molar-refractivity contribution is 6.00. The number of likely N-dealkylation sites (N-methyl/N-ethyl adjacent to an activating group) is 1. The lowest BCUT2D eigenvalue weighted by Crippen LogP contribution is -2.60. The van der Waals surface area contributed by atoms with Crippen molar-refractivity contribution in [3.63, 3.8) is 0 Å². The maximum atomic E-state index is 10.9. The number of piperidine rings is 1. The van der Waals surface area contributed by atoms with Gasteiger partial charge in [0.15, 0.2) is 11.5 Å². The molecule has 25 heavy (non-hydrogen) atoms. The molecule has 2 bridgehead atoms. The number of hydrogen-bond donors (Lipinski definition) is 2. The largest absolute Gasteiger partial charge is 0.504 e. The molecule has 0 aromatic heterocycles. The predicted molar refractivity (Wildman–Crippen MR) is 93.5 cm³/mol. The highest BCUT2D eigenvalue weighted by atomic mass is 16.5. The third-order valence-electron chi connectivity index (χ3n) is 6.34. The Morgan fingerprint density at radius 1 is 1.28 bits per heavy atom. The van der Waals surface area contributed by atoms with Crippen LogP contribution in [0.4, 0.5) is 0 Å². The topological polar surface area (TPSA) is 74.5 Å². The van der Waals surface area contributed by atoms with Crippen LogP contribution in [0.15, 0.2) is 29.1 Å². The fourth-order valence-corrected chi connectivity index (χ4v) is 5.14. The standard InChI is InChI=1S/C19H24N2O4/c1-21-7-6-19-10-13(20-23)16(25-3)9-12(19)14(21)8-11-4-5-15(24-2)18(22)17(11)19/h4-5,9,12,14,22-23H,6-8,10H2,1-3H3/t12-,14+,19-/m0/s1. The molecule has 1 aromatic rings. The molecular formula is C19H24N2O4. The first-order chi connectivity index (χ1) is 12.1. The van der Waals surface area contributed by atoms with Gasteiger partial charge >= 0.3 is 0 Å². The highest BCUT2D eigenvalue weighted by Gasteiger charge is 2.56. The number of aromatic hydroxyl groups is 1. The van der Waals surface area contributed by atoms with Gasteiger partial charge in [-0.15, -0.1) is 0 Å². The second-order valence-electron chi connectivity index (χ2n) is 7.29. The molecule has 0 unspecified atom stereocenters. The molecule has 1 aromatic carbocycles. The van der Waals surface area contributed by atoms with E-state index in [0.717, 1.165) is 30.5 Å². The van der Waals surface area contributed by atoms with Gasteiger partial charge in [-0.3, -0.25) is 0 Å². The van der Waals surface area contributed by atoms with Gasteiger partial charge in [-0.1, -0.05) is 11.2 Å². The molecule has 6 heteroatoms. The molecule has 1 saturated heterocycles. The monoisotopic (exact) mass is 344 g/mol. The predicted octanol–water partition coefficient (Wildman–Crippen LogP) is 2.28. The molecule has 2 N–H and O–H groups in total. The minimum Gasteiger partial charge on any atom is -0.504 e. The minimum absolute atomic E-state index is 0.192. The lowest BCUT2D eigenvalue weighted by Gasteiger charge is -2.57. The maximum Gasteiger partial charge on any atom is 0.161 e. The lowest BCUT2D eigenvalue weighted by molar-refractivity contribution is 0.0520. The first kappa shape index (κ1) is 16.3. The molecule has 3 aliphatic rings. The van der Waals surface area contributed by atoms with Gasteiger partial charge in [0.05, 0.1) is 14.2 Å². The quantitative estimate of drug-likeness (QED) is 0.636. The maximum absolute atomic E-state index is 10.9. The third kappa shape index (κ3) is 2.10. The molecule has 4 rings (SSSR count). The van der Waals surface area contributed by atoms with Gasteiger partial charge in [0.25, 0.3) is 0 Å². The molecule has 1 aliphatic heterocycles. The van der Waals surface area contributed by atoms with Crippen molar-refractivity contribution in [1.82, 2.24) is 4.90 Å². The minimum atomic E-state index is -0.299. The molecule has 1 heterocycles. The van der Waals surface area contributed by atoms with E-state index in [9.17, 15) is 10.3 Å². The number of methoxy groups -OCH3 is 2. The number of fused-ring (bicyclic) bond motifs is 1. The first-order valence-corrected chi connectivity index (χ1v) is 8.62. The number of ether oxygens (including phenoxy) is 2. The Morgan fingerprint density at radius 2 is 2.08 bits per heavy atom. The Morgan fingerprint density at radius 3 is 2.76 bits per heavy atom. The van der Waals surface area contributed by atoms with E-state index in [0.29, 0.717) is 29.7 Å². The second kappa shape index (κ2) is 5.66. The average Bonchev–Trinajstić information content (AvgIpc) is 2.63. The highest BCUT2D eigenvalue weighted by Crippen LogP contribution is 2.57. The molecule has 134 valence electrons. The number of likely N-dealkylation sites (tertiary alicyclic amines) is 1. The molecule has 0 spiro atoms. The average molecular weight is 344 g/mol. The van der Waals surface area contributed by atoms with E-state index in [-0.39, 0.29) is 17.1 Å². The van der Waals surface area contributed by atoms with Crippen LogP contribution in [0.1, 0.15) is 24.0 Å². The van der Waals surface area contributed by atoms with Gasteiger partial charge in [0.1, 0.15) is 11.5 Å². The Kier molecular flexibility index (Phi) is 3.68. The summed E-state index contributed by atoms with van der Waals surface area (Å²) in [6, 6.07) is 4.23. The number of benzene rings is 1. The molecular weight excluding hydrogens is 320 g/mol. The van der Waals surface area contributed by atoms with E-state index in [4.69, 9.17) is 9.47 Å². The Bertz CT molecular complexity index is 773. The second-order valence-corrected chi connectivity index (χ2v) is 7.29. The smallest absolute Gasteiger partial charge is 0.161 e. The van der Waals surface area contributed by atoms with E-state index < -0.39 is 0 Å². The van der Waals surface area contributed by atoms with Gasteiger partial charge in [-0.2, -0.15) is 0 Å². The van der Waals surface area contributed by atoms with Gasteiger partial charge in [-0.25, -0.2) is 0 Å². The normalized spacial score (nSPS) is 32.6. The van der Waals surface area contributed by atoms with Crippen molar-refractivity contribution >= 4 is 5.71 Å². The fourth-order valence-electron chi connectivity index (χ4n) is 5.14. The van der Waals surface area contributed by atoms with Crippen LogP contribution in [0.3, 0.4) is 0 Å². The molecule has 0 saturated carbocycles. The number of phenolic OH excluding ortho intramolecular Hbond substituents is 1. The number of oxime groups is 1. The lowest BCUT2D eigenvalue weighted by atomic mass is 9.53. The molecule has 3 atom stereocenters. The van der Waals surface area contributed by atoms with Gasteiger partial charge in [0, 0.05) is 29.4 Å². The molecule has 2 aliphatic carbocycles. The van der Waals surface area contributed by atoms with Crippen LogP contribution in [-0.4, -0.2) is 54.8 Å². The fraction of sp³-hybridized carbons (Fsp3) is 0.526. The Labute approximate surface area is 147 Å². The van der Waals surface area contributed by atoms with Crippen molar-refractivity contribution in [1.29, 1.82) is 0 Å². The third-order valence-corrected chi connectivity index (χ3v) is 6.34. The SMILES string of the molecule is COC1=C[C@H]2[C@H]3Cc4ccc(OC)c(O)c4[C@@]2(CCN3C)CC1=NO. The summed E-state index contributed by atoms with van der Waals surface area (Å²) in [5.41, 5.74) is 2.34. The van der Waals surface area contributed by atoms with Crippen molar-refractivity contribution in [3.05, 3.63) is 35.1 Å². The van der Waals surface area contributed by atoms with Gasteiger partial charge in [0.2, 0.25) is 0 Å². The zero-order valence-electron chi connectivity index (χ0n) is 14.8. The zero-order valence-corrected chi connectivity index (χ0v) is 14.8. The summed E-state index contributed by atoms with van der Waals surface area (Å²) >= 11 is 0. The first-order valence-electron chi connectivity index (χ1n) is 8.62. The van der Waals surface area contributed by atoms with E-state index in [1.165, 1.54) is 0 Å². The number of allylic oxidation sites excluding steroid dienone is 1. The van der Waals surface area contributed by atoms with Crippen molar-refractivity contribution in [2.75, 3.05) is 27.8 Å². The number of hydrogen-bond acceptors (Lipinski definition) is 6. The zero-order chi connectivity index (χ0) is 17.8. The Hall–Kier alpha value is -2.21. The van der Waals surface area contributed by atoms with Crippen molar-refractivity contribution in [3.8, 4) is 11.5 Å². The van der Waals surface area contributed by atoms with E-state index in [1.54, 1.807) is 14.2 Å². The summed E-state index contributed by atoms with van der Waals surface area (Å²) in [5, 5.41) is 23.9. The summed E-state index contributed by atoms with van der Waals surface area (Å²) in [5.74, 6) is 1.54. The summed E-state index contributed by atoms with van der Waals surface area (Å²) in [7, 11) is 5.33. The summed E-state index contributed by atoms with van der Waals surface area (Å²) in [4.78, 5) is 2.39. The summed E-state index contributed by atoms with van der Waals surface area (Å²) < 4.78 is 10.8. The van der Waals surface area contributed by atoms with Crippen molar-refractivity contribution in [2.24, 2.45) is 11.1 Å². The van der Waals surface area contributed by atoms with Gasteiger partial charge in [-0.05, 0) is 44.1 Å².